The number of nitrogens with one attached hydrogen (secondary N) is 1. The van der Waals surface area contributed by atoms with Crippen LogP contribution >= 0.6 is 12.2 Å². The lowest BCUT2D eigenvalue weighted by molar-refractivity contribution is 0.390. The summed E-state index contributed by atoms with van der Waals surface area (Å²) >= 11 is 5.33. The summed E-state index contributed by atoms with van der Waals surface area (Å²) in [5.74, 6) is 0.894. The van der Waals surface area contributed by atoms with E-state index in [1.54, 1.807) is 30.5 Å². The summed E-state index contributed by atoms with van der Waals surface area (Å²) < 4.78 is 37.9. The van der Waals surface area contributed by atoms with Crippen LogP contribution in [-0.4, -0.2) is 36.6 Å². The average Bonchev–Trinajstić information content (AvgIpc) is 3.18. The van der Waals surface area contributed by atoms with Crippen molar-refractivity contribution in [3.8, 4) is 22.9 Å². The number of aryl methyl sites for hydroxylation is 2. The molecule has 0 bridgehead atoms. The van der Waals surface area contributed by atoms with E-state index in [1.807, 2.05) is 38.1 Å². The Balaban J connectivity index is 1.62. The van der Waals surface area contributed by atoms with Crippen LogP contribution in [0.15, 0.2) is 76.7 Å². The number of methoxy groups -OCH3 is 1. The molecule has 4 rings (SSSR count). The van der Waals surface area contributed by atoms with Gasteiger partial charge in [0.2, 0.25) is 4.77 Å². The zero-order valence-electron chi connectivity index (χ0n) is 18.7. The van der Waals surface area contributed by atoms with Crippen LogP contribution in [0.2, 0.25) is 0 Å². The van der Waals surface area contributed by atoms with Gasteiger partial charge in [-0.3, -0.25) is 0 Å². The lowest BCUT2D eigenvalue weighted by Gasteiger charge is -2.11. The number of hydrogen-bond acceptors (Lipinski definition) is 7. The zero-order chi connectivity index (χ0) is 24.3. The third-order valence-electron chi connectivity index (χ3n) is 5.06. The van der Waals surface area contributed by atoms with Crippen LogP contribution in [0.1, 0.15) is 16.7 Å². The lowest BCUT2D eigenvalue weighted by atomic mass is 10.1. The maximum atomic E-state index is 12.7. The van der Waals surface area contributed by atoms with E-state index in [4.69, 9.17) is 21.1 Å². The first-order valence-electron chi connectivity index (χ1n) is 10.3. The second-order valence-electron chi connectivity index (χ2n) is 7.48. The highest BCUT2D eigenvalue weighted by atomic mass is 32.2. The summed E-state index contributed by atoms with van der Waals surface area (Å²) in [5.41, 5.74) is 3.53. The van der Waals surface area contributed by atoms with Crippen molar-refractivity contribution in [2.75, 3.05) is 7.11 Å². The first-order chi connectivity index (χ1) is 16.3. The Hall–Kier alpha value is -3.76. The van der Waals surface area contributed by atoms with Gasteiger partial charge in [-0.05, 0) is 67.5 Å². The minimum atomic E-state index is -4.01. The molecular weight excluding hydrogens is 472 g/mol. The molecule has 0 amide bonds. The first kappa shape index (κ1) is 23.4. The number of ether oxygens (including phenoxy) is 1. The molecular formula is C24H22N4O4S2. The maximum Gasteiger partial charge on any atom is 0.339 e. The van der Waals surface area contributed by atoms with Gasteiger partial charge in [0.05, 0.1) is 13.3 Å². The molecule has 0 aliphatic heterocycles. The Kier molecular flexibility index (Phi) is 6.62. The molecule has 0 radical (unpaired) electrons. The quantitative estimate of drug-likeness (QED) is 0.223. The Labute approximate surface area is 202 Å². The fraction of sp³-hybridized carbons (Fsp3) is 0.125. The topological polar surface area (TPSA) is 98.6 Å². The first-order valence-corrected chi connectivity index (χ1v) is 12.1. The van der Waals surface area contributed by atoms with Crippen LogP contribution in [0, 0.1) is 18.6 Å². The summed E-state index contributed by atoms with van der Waals surface area (Å²) in [6.07, 6.45) is 1.58. The van der Waals surface area contributed by atoms with Gasteiger partial charge in [0.1, 0.15) is 4.90 Å². The standard InChI is InChI=1S/C24H22N4O4S2/c1-16-8-11-19(12-9-16)34(29,30)32-21-13-10-18(14-22(21)31-3)15-25-28-23(26-27-24(28)33)20-7-5-4-6-17(20)2/h4-15H,1-3H3,(H,27,33)/b25-15+. The van der Waals surface area contributed by atoms with Crippen molar-refractivity contribution in [2.45, 2.75) is 18.7 Å². The van der Waals surface area contributed by atoms with Crippen molar-refractivity contribution in [2.24, 2.45) is 5.10 Å². The van der Waals surface area contributed by atoms with E-state index < -0.39 is 10.1 Å². The van der Waals surface area contributed by atoms with Crippen LogP contribution in [0.3, 0.4) is 0 Å². The van der Waals surface area contributed by atoms with Crippen molar-refractivity contribution in [1.29, 1.82) is 0 Å². The predicted octanol–water partition coefficient (Wildman–Crippen LogP) is 4.88. The van der Waals surface area contributed by atoms with E-state index in [9.17, 15) is 8.42 Å². The van der Waals surface area contributed by atoms with Crippen molar-refractivity contribution < 1.29 is 17.3 Å². The van der Waals surface area contributed by atoms with Gasteiger partial charge in [-0.1, -0.05) is 42.0 Å². The highest BCUT2D eigenvalue weighted by Crippen LogP contribution is 2.30. The fourth-order valence-electron chi connectivity index (χ4n) is 3.23. The van der Waals surface area contributed by atoms with E-state index >= 15 is 0 Å². The SMILES string of the molecule is COc1cc(/C=N/n2c(-c3ccccc3C)n[nH]c2=S)ccc1OS(=O)(=O)c1ccc(C)cc1. The Bertz CT molecular complexity index is 1520. The van der Waals surface area contributed by atoms with Crippen molar-refractivity contribution >= 4 is 28.6 Å². The Morgan fingerprint density at radius 1 is 1.03 bits per heavy atom. The highest BCUT2D eigenvalue weighted by molar-refractivity contribution is 7.87. The van der Waals surface area contributed by atoms with Crippen LogP contribution in [0.25, 0.3) is 11.4 Å². The lowest BCUT2D eigenvalue weighted by Crippen LogP contribution is -2.10. The molecule has 4 aromatic rings. The van der Waals surface area contributed by atoms with Gasteiger partial charge in [0.15, 0.2) is 17.3 Å². The van der Waals surface area contributed by atoms with E-state index in [-0.39, 0.29) is 16.4 Å². The largest absolute Gasteiger partial charge is 0.493 e. The molecule has 0 fully saturated rings. The maximum absolute atomic E-state index is 12.7. The molecule has 0 atom stereocenters. The molecule has 0 aliphatic carbocycles. The van der Waals surface area contributed by atoms with Crippen molar-refractivity contribution in [3.63, 3.8) is 0 Å². The molecule has 1 heterocycles. The summed E-state index contributed by atoms with van der Waals surface area (Å²) in [4.78, 5) is 0.0591. The molecule has 10 heteroatoms. The van der Waals surface area contributed by atoms with Crippen LogP contribution in [0.5, 0.6) is 11.5 Å². The normalized spacial score (nSPS) is 11.6. The Morgan fingerprint density at radius 3 is 2.47 bits per heavy atom. The molecule has 1 N–H and O–H groups in total. The summed E-state index contributed by atoms with van der Waals surface area (Å²) in [6.45, 7) is 3.86. The molecule has 1 aromatic heterocycles. The monoisotopic (exact) mass is 494 g/mol. The second kappa shape index (κ2) is 9.62. The van der Waals surface area contributed by atoms with Gasteiger partial charge in [-0.25, -0.2) is 5.10 Å². The van der Waals surface area contributed by atoms with Crippen LogP contribution in [0.4, 0.5) is 0 Å². The smallest absolute Gasteiger partial charge is 0.339 e. The number of H-pyrrole nitrogens is 1. The molecule has 0 spiro atoms. The highest BCUT2D eigenvalue weighted by Gasteiger charge is 2.19. The van der Waals surface area contributed by atoms with Gasteiger partial charge < -0.3 is 8.92 Å². The van der Waals surface area contributed by atoms with Crippen LogP contribution < -0.4 is 8.92 Å². The number of aromatic amines is 1. The Morgan fingerprint density at radius 2 is 1.76 bits per heavy atom. The zero-order valence-corrected chi connectivity index (χ0v) is 20.4. The third kappa shape index (κ3) is 4.92. The molecule has 3 aromatic carbocycles. The third-order valence-corrected chi connectivity index (χ3v) is 6.57. The molecule has 0 aliphatic rings. The average molecular weight is 495 g/mol. The van der Waals surface area contributed by atoms with E-state index in [0.29, 0.717) is 16.2 Å². The fourth-order valence-corrected chi connectivity index (χ4v) is 4.34. The van der Waals surface area contributed by atoms with Crippen molar-refractivity contribution in [3.05, 3.63) is 88.2 Å². The summed E-state index contributed by atoms with van der Waals surface area (Å²) in [5, 5.41) is 11.5. The molecule has 34 heavy (non-hydrogen) atoms. The molecule has 8 nitrogen and oxygen atoms in total. The minimum Gasteiger partial charge on any atom is -0.493 e. The van der Waals surface area contributed by atoms with Gasteiger partial charge in [0.25, 0.3) is 0 Å². The van der Waals surface area contributed by atoms with E-state index in [0.717, 1.165) is 16.7 Å². The van der Waals surface area contributed by atoms with Crippen LogP contribution in [-0.2, 0) is 10.1 Å². The number of aromatic nitrogens is 3. The van der Waals surface area contributed by atoms with Gasteiger partial charge in [-0.15, -0.1) is 0 Å². The molecule has 0 unspecified atom stereocenters. The number of nitrogens with zero attached hydrogens (tertiary/aromatic N) is 3. The second-order valence-corrected chi connectivity index (χ2v) is 9.42. The van der Waals surface area contributed by atoms with Gasteiger partial charge in [-0.2, -0.15) is 23.3 Å². The summed E-state index contributed by atoms with van der Waals surface area (Å²) in [7, 11) is -2.58. The van der Waals surface area contributed by atoms with Gasteiger partial charge in [0, 0.05) is 5.56 Å². The van der Waals surface area contributed by atoms with E-state index in [2.05, 4.69) is 15.3 Å². The number of benzene rings is 3. The molecule has 174 valence electrons. The van der Waals surface area contributed by atoms with Crippen molar-refractivity contribution in [1.82, 2.24) is 14.9 Å². The predicted molar refractivity (Wildman–Crippen MR) is 133 cm³/mol. The van der Waals surface area contributed by atoms with Gasteiger partial charge >= 0.3 is 10.1 Å². The summed E-state index contributed by atoms with van der Waals surface area (Å²) in [6, 6.07) is 19.0. The minimum absolute atomic E-state index is 0.0591. The number of hydrogen-bond donors (Lipinski definition) is 1. The molecule has 0 saturated heterocycles. The van der Waals surface area contributed by atoms with E-state index in [1.165, 1.54) is 30.0 Å². The number of rotatable bonds is 7. The molecule has 0 saturated carbocycles.